The summed E-state index contributed by atoms with van der Waals surface area (Å²) in [6, 6.07) is 1.69. The van der Waals surface area contributed by atoms with Crippen LogP contribution in [0.5, 0.6) is 5.88 Å². The van der Waals surface area contributed by atoms with E-state index in [0.717, 1.165) is 6.42 Å². The number of nitrogens with zero attached hydrogens (tertiary/aromatic N) is 2. The van der Waals surface area contributed by atoms with Crippen LogP contribution in [-0.2, 0) is 4.79 Å². The van der Waals surface area contributed by atoms with Crippen LogP contribution >= 0.6 is 0 Å². The molecule has 0 amide bonds. The van der Waals surface area contributed by atoms with Crippen molar-refractivity contribution < 1.29 is 14.6 Å². The number of ether oxygens (including phenoxy) is 1. The summed E-state index contributed by atoms with van der Waals surface area (Å²) in [5.41, 5.74) is 0. The number of aromatic nitrogens is 2. The van der Waals surface area contributed by atoms with Crippen LogP contribution in [0.4, 0.5) is 5.95 Å². The first-order valence-electron chi connectivity index (χ1n) is 6.46. The lowest BCUT2D eigenvalue weighted by Gasteiger charge is -2.14. The Balaban J connectivity index is 2.54. The van der Waals surface area contributed by atoms with Gasteiger partial charge in [-0.15, -0.1) is 0 Å². The second kappa shape index (κ2) is 7.56. The molecule has 1 atom stereocenters. The molecule has 19 heavy (non-hydrogen) atoms. The Kier molecular flexibility index (Phi) is 6.05. The molecule has 0 saturated carbocycles. The van der Waals surface area contributed by atoms with E-state index in [0.29, 0.717) is 18.4 Å². The van der Waals surface area contributed by atoms with E-state index in [1.165, 1.54) is 0 Å². The topological polar surface area (TPSA) is 84.3 Å². The third-order valence-corrected chi connectivity index (χ3v) is 2.58. The number of rotatable bonds is 8. The number of hydrogen-bond acceptors (Lipinski definition) is 5. The van der Waals surface area contributed by atoms with Crippen LogP contribution < -0.4 is 10.1 Å². The largest absolute Gasteiger partial charge is 0.481 e. The lowest BCUT2D eigenvalue weighted by atomic mass is 10.0. The van der Waals surface area contributed by atoms with E-state index in [1.54, 1.807) is 12.3 Å². The van der Waals surface area contributed by atoms with Crippen molar-refractivity contribution in [3.05, 3.63) is 12.3 Å². The SMILES string of the molecule is CCC(CNc1nccc(OC(C)C)n1)CC(=O)O. The highest BCUT2D eigenvalue weighted by Gasteiger charge is 2.11. The van der Waals surface area contributed by atoms with Gasteiger partial charge in [0.25, 0.3) is 0 Å². The Morgan fingerprint density at radius 2 is 2.26 bits per heavy atom. The quantitative estimate of drug-likeness (QED) is 0.751. The van der Waals surface area contributed by atoms with Gasteiger partial charge in [0.1, 0.15) is 0 Å². The first-order valence-corrected chi connectivity index (χ1v) is 6.46. The third-order valence-electron chi connectivity index (χ3n) is 2.58. The van der Waals surface area contributed by atoms with Crippen LogP contribution in [0.2, 0.25) is 0 Å². The molecule has 0 aromatic carbocycles. The van der Waals surface area contributed by atoms with Gasteiger partial charge < -0.3 is 15.2 Å². The Labute approximate surface area is 113 Å². The summed E-state index contributed by atoms with van der Waals surface area (Å²) in [4.78, 5) is 19.0. The van der Waals surface area contributed by atoms with E-state index in [4.69, 9.17) is 9.84 Å². The molecule has 0 fully saturated rings. The number of anilines is 1. The standard InChI is InChI=1S/C13H21N3O3/c1-4-10(7-12(17)18)8-15-13-14-6-5-11(16-13)19-9(2)3/h5-6,9-10H,4,7-8H2,1-3H3,(H,17,18)(H,14,15,16). The van der Waals surface area contributed by atoms with E-state index in [9.17, 15) is 4.79 Å². The molecule has 0 spiro atoms. The fraction of sp³-hybridized carbons (Fsp3) is 0.615. The normalized spacial score (nSPS) is 12.2. The summed E-state index contributed by atoms with van der Waals surface area (Å²) in [6.07, 6.45) is 2.61. The van der Waals surface area contributed by atoms with Crippen LogP contribution in [0.15, 0.2) is 12.3 Å². The van der Waals surface area contributed by atoms with Gasteiger partial charge in [-0.2, -0.15) is 4.98 Å². The number of nitrogens with one attached hydrogen (secondary N) is 1. The Bertz CT molecular complexity index is 410. The number of carboxylic acid groups (broad SMARTS) is 1. The number of aliphatic carboxylic acids is 1. The molecule has 0 aliphatic heterocycles. The van der Waals surface area contributed by atoms with Gasteiger partial charge in [-0.3, -0.25) is 4.79 Å². The zero-order valence-electron chi connectivity index (χ0n) is 11.6. The molecule has 1 heterocycles. The van der Waals surface area contributed by atoms with Crippen molar-refractivity contribution in [3.8, 4) is 5.88 Å². The molecule has 1 rings (SSSR count). The van der Waals surface area contributed by atoms with Crippen molar-refractivity contribution >= 4 is 11.9 Å². The first-order chi connectivity index (χ1) is 9.01. The van der Waals surface area contributed by atoms with Crippen LogP contribution in [0.3, 0.4) is 0 Å². The minimum absolute atomic E-state index is 0.0538. The van der Waals surface area contributed by atoms with Crippen molar-refractivity contribution in [3.63, 3.8) is 0 Å². The van der Waals surface area contributed by atoms with Crippen molar-refractivity contribution in [2.75, 3.05) is 11.9 Å². The van der Waals surface area contributed by atoms with Crippen LogP contribution in [0.25, 0.3) is 0 Å². The van der Waals surface area contributed by atoms with Crippen molar-refractivity contribution in [2.45, 2.75) is 39.7 Å². The van der Waals surface area contributed by atoms with Crippen LogP contribution in [0.1, 0.15) is 33.6 Å². The molecule has 1 unspecified atom stereocenters. The van der Waals surface area contributed by atoms with E-state index in [-0.39, 0.29) is 18.4 Å². The van der Waals surface area contributed by atoms with E-state index in [2.05, 4.69) is 15.3 Å². The summed E-state index contributed by atoms with van der Waals surface area (Å²) < 4.78 is 5.47. The Morgan fingerprint density at radius 1 is 1.53 bits per heavy atom. The molecule has 1 aromatic rings. The highest BCUT2D eigenvalue weighted by Crippen LogP contribution is 2.12. The monoisotopic (exact) mass is 267 g/mol. The number of carbonyl (C=O) groups is 1. The van der Waals surface area contributed by atoms with E-state index >= 15 is 0 Å². The summed E-state index contributed by atoms with van der Waals surface area (Å²) in [7, 11) is 0. The summed E-state index contributed by atoms with van der Waals surface area (Å²) in [5.74, 6) is 0.253. The molecular formula is C13H21N3O3. The molecule has 0 bridgehead atoms. The molecule has 2 N–H and O–H groups in total. The van der Waals surface area contributed by atoms with Gasteiger partial charge in [0.15, 0.2) is 0 Å². The summed E-state index contributed by atoms with van der Waals surface area (Å²) >= 11 is 0. The van der Waals surface area contributed by atoms with Crippen LogP contribution in [0, 0.1) is 5.92 Å². The fourth-order valence-electron chi connectivity index (χ4n) is 1.58. The number of carboxylic acids is 1. The Hall–Kier alpha value is -1.85. The highest BCUT2D eigenvalue weighted by atomic mass is 16.5. The van der Waals surface area contributed by atoms with Gasteiger partial charge in [-0.1, -0.05) is 13.3 Å². The van der Waals surface area contributed by atoms with E-state index in [1.807, 2.05) is 20.8 Å². The number of hydrogen-bond donors (Lipinski definition) is 2. The third kappa shape index (κ3) is 6.03. The zero-order valence-corrected chi connectivity index (χ0v) is 11.6. The second-order valence-electron chi connectivity index (χ2n) is 4.64. The van der Waals surface area contributed by atoms with Crippen LogP contribution in [-0.4, -0.2) is 33.7 Å². The highest BCUT2D eigenvalue weighted by molar-refractivity contribution is 5.67. The minimum atomic E-state index is -0.786. The van der Waals surface area contributed by atoms with Gasteiger partial charge in [0.05, 0.1) is 6.10 Å². The first kappa shape index (κ1) is 15.2. The fourth-order valence-corrected chi connectivity index (χ4v) is 1.58. The molecule has 1 aromatic heterocycles. The maximum Gasteiger partial charge on any atom is 0.303 e. The summed E-state index contributed by atoms with van der Waals surface area (Å²) in [6.45, 7) is 6.35. The molecule has 6 nitrogen and oxygen atoms in total. The lowest BCUT2D eigenvalue weighted by Crippen LogP contribution is -2.18. The van der Waals surface area contributed by atoms with Gasteiger partial charge in [-0.25, -0.2) is 4.98 Å². The van der Waals surface area contributed by atoms with Crippen molar-refractivity contribution in [2.24, 2.45) is 5.92 Å². The molecule has 0 aliphatic carbocycles. The Morgan fingerprint density at radius 3 is 2.84 bits per heavy atom. The maximum atomic E-state index is 10.7. The van der Waals surface area contributed by atoms with Gasteiger partial charge >= 0.3 is 5.97 Å². The predicted molar refractivity (Wildman–Crippen MR) is 72.3 cm³/mol. The average Bonchev–Trinajstić information content (AvgIpc) is 2.33. The van der Waals surface area contributed by atoms with E-state index < -0.39 is 5.97 Å². The molecule has 0 saturated heterocycles. The van der Waals surface area contributed by atoms with Crippen molar-refractivity contribution in [1.29, 1.82) is 0 Å². The average molecular weight is 267 g/mol. The van der Waals surface area contributed by atoms with Crippen molar-refractivity contribution in [1.82, 2.24) is 9.97 Å². The molecule has 6 heteroatoms. The molecular weight excluding hydrogens is 246 g/mol. The lowest BCUT2D eigenvalue weighted by molar-refractivity contribution is -0.138. The smallest absolute Gasteiger partial charge is 0.303 e. The molecule has 106 valence electrons. The van der Waals surface area contributed by atoms with Gasteiger partial charge in [0, 0.05) is 25.2 Å². The minimum Gasteiger partial charge on any atom is -0.481 e. The summed E-state index contributed by atoms with van der Waals surface area (Å²) in [5, 5.41) is 11.8. The second-order valence-corrected chi connectivity index (χ2v) is 4.64. The van der Waals surface area contributed by atoms with Gasteiger partial charge in [-0.05, 0) is 19.8 Å². The predicted octanol–water partition coefficient (Wildman–Crippen LogP) is 2.18. The zero-order chi connectivity index (χ0) is 14.3. The molecule has 0 aliphatic rings. The molecule has 0 radical (unpaired) electrons. The maximum absolute atomic E-state index is 10.7. The van der Waals surface area contributed by atoms with Gasteiger partial charge in [0.2, 0.25) is 11.8 Å².